The van der Waals surface area contributed by atoms with Crippen LogP contribution in [0.25, 0.3) is 0 Å². The van der Waals surface area contributed by atoms with Gasteiger partial charge in [0.05, 0.1) is 0 Å². The summed E-state index contributed by atoms with van der Waals surface area (Å²) in [7, 11) is -4.14. The van der Waals surface area contributed by atoms with Crippen LogP contribution in [0.15, 0.2) is 42.1 Å². The predicted molar refractivity (Wildman–Crippen MR) is 48.6 cm³/mol. The van der Waals surface area contributed by atoms with Crippen LogP contribution < -0.4 is 4.57 Å². The summed E-state index contributed by atoms with van der Waals surface area (Å²) < 4.78 is 31.9. The van der Waals surface area contributed by atoms with E-state index in [1.54, 1.807) is 24.4 Å². The van der Waals surface area contributed by atoms with Gasteiger partial charge in [0.1, 0.15) is 0 Å². The van der Waals surface area contributed by atoms with Crippen LogP contribution in [0.2, 0.25) is 0 Å². The van der Waals surface area contributed by atoms with Gasteiger partial charge < -0.3 is 5.48 Å². The Kier molecular flexibility index (Phi) is 4.42. The lowest BCUT2D eigenvalue weighted by molar-refractivity contribution is -0.724. The van der Waals surface area contributed by atoms with E-state index in [1.165, 1.54) is 10.6 Å². The first kappa shape index (κ1) is 12.8. The first-order valence-corrected chi connectivity index (χ1v) is 5.06. The predicted octanol–water partition coefficient (Wildman–Crippen LogP) is 0.230. The maximum atomic E-state index is 10.8. The molecule has 0 unspecified atom stereocenters. The van der Waals surface area contributed by atoms with Crippen molar-refractivity contribution in [3.63, 3.8) is 0 Å². The highest BCUT2D eigenvalue weighted by atomic mass is 32.2. The molecule has 0 aliphatic heterocycles. The minimum atomic E-state index is -4.14. The van der Waals surface area contributed by atoms with E-state index in [0.717, 1.165) is 0 Å². The molecule has 78 valence electrons. The van der Waals surface area contributed by atoms with Crippen LogP contribution in [0.1, 0.15) is 0 Å². The molecule has 0 bridgehead atoms. The number of pyridine rings is 1. The highest BCUT2D eigenvalue weighted by Gasteiger charge is 2.21. The Morgan fingerprint density at radius 3 is 2.64 bits per heavy atom. The molecule has 0 saturated heterocycles. The van der Waals surface area contributed by atoms with Gasteiger partial charge in [0, 0.05) is 12.1 Å². The van der Waals surface area contributed by atoms with Crippen molar-refractivity contribution in [2.24, 2.45) is 0 Å². The Hall–Kier alpha value is -1.24. The normalized spacial score (nSPS) is 10.4. The molecule has 0 amide bonds. The molecule has 1 rings (SSSR count). The molecule has 0 aromatic carbocycles. The average Bonchev–Trinajstić information content (AvgIpc) is 2.04. The minimum Gasteiger partial charge on any atom is -0.870 e. The third kappa shape index (κ3) is 2.91. The van der Waals surface area contributed by atoms with Crippen molar-refractivity contribution in [1.29, 1.82) is 0 Å². The molecule has 0 fully saturated rings. The van der Waals surface area contributed by atoms with E-state index in [9.17, 15) is 8.42 Å². The summed E-state index contributed by atoms with van der Waals surface area (Å²) >= 11 is 0. The van der Waals surface area contributed by atoms with Gasteiger partial charge in [-0.3, -0.25) is 4.55 Å². The molecule has 0 spiro atoms. The Morgan fingerprint density at radius 2 is 2.14 bits per heavy atom. The second-order valence-electron chi connectivity index (χ2n) is 2.45. The topological polar surface area (TPSA) is 88.2 Å². The van der Waals surface area contributed by atoms with Gasteiger partial charge in [-0.25, -0.2) is 0 Å². The molecule has 0 radical (unpaired) electrons. The molecule has 0 atom stereocenters. The van der Waals surface area contributed by atoms with E-state index >= 15 is 0 Å². The fourth-order valence-corrected chi connectivity index (χ4v) is 1.67. The lowest BCUT2D eigenvalue weighted by atomic mass is 10.5. The van der Waals surface area contributed by atoms with E-state index in [1.807, 2.05) is 0 Å². The monoisotopic (exact) mass is 217 g/mol. The molecule has 2 N–H and O–H groups in total. The number of allylic oxidation sites excluding steroid dienone is 1. The maximum Gasteiger partial charge on any atom is 0.355 e. The van der Waals surface area contributed by atoms with Gasteiger partial charge in [0.25, 0.3) is 0 Å². The molecule has 0 aliphatic rings. The Morgan fingerprint density at radius 1 is 1.50 bits per heavy atom. The van der Waals surface area contributed by atoms with Crippen LogP contribution in [-0.2, 0) is 16.7 Å². The van der Waals surface area contributed by atoms with Crippen molar-refractivity contribution >= 4 is 10.1 Å². The SMILES string of the molecule is C=CC[n+]1ccccc1S(=O)(=O)O.[OH-]. The van der Waals surface area contributed by atoms with Gasteiger partial charge in [-0.05, 0) is 12.1 Å². The summed E-state index contributed by atoms with van der Waals surface area (Å²) in [5.74, 6) is 0. The molecule has 0 aliphatic carbocycles. The number of hydrogen-bond acceptors (Lipinski definition) is 3. The van der Waals surface area contributed by atoms with Gasteiger partial charge in [-0.15, -0.1) is 0 Å². The zero-order valence-electron chi connectivity index (χ0n) is 7.37. The summed E-state index contributed by atoms with van der Waals surface area (Å²) in [5.41, 5.74) is 0. The van der Waals surface area contributed by atoms with Gasteiger partial charge in [-0.1, -0.05) is 6.58 Å². The summed E-state index contributed by atoms with van der Waals surface area (Å²) in [6, 6.07) is 4.56. The minimum absolute atomic E-state index is 0. The maximum absolute atomic E-state index is 10.8. The quantitative estimate of drug-likeness (QED) is 0.446. The van der Waals surface area contributed by atoms with Crippen LogP contribution in [0.3, 0.4) is 0 Å². The lowest BCUT2D eigenvalue weighted by Gasteiger charge is -1.96. The van der Waals surface area contributed by atoms with Gasteiger partial charge in [0.2, 0.25) is 0 Å². The van der Waals surface area contributed by atoms with Crippen molar-refractivity contribution in [2.75, 3.05) is 0 Å². The van der Waals surface area contributed by atoms with Crippen molar-refractivity contribution in [3.05, 3.63) is 37.1 Å². The van der Waals surface area contributed by atoms with Gasteiger partial charge in [-0.2, -0.15) is 13.0 Å². The van der Waals surface area contributed by atoms with Crippen LogP contribution >= 0.6 is 0 Å². The van der Waals surface area contributed by atoms with Gasteiger partial charge in [0.15, 0.2) is 12.7 Å². The zero-order chi connectivity index (χ0) is 9.90. The summed E-state index contributed by atoms with van der Waals surface area (Å²) in [6.07, 6.45) is 3.11. The van der Waals surface area contributed by atoms with E-state index in [-0.39, 0.29) is 10.5 Å². The molecule has 6 heteroatoms. The third-order valence-electron chi connectivity index (χ3n) is 1.49. The number of rotatable bonds is 3. The van der Waals surface area contributed by atoms with Crippen LogP contribution in [-0.4, -0.2) is 18.4 Å². The van der Waals surface area contributed by atoms with Crippen LogP contribution in [0.4, 0.5) is 0 Å². The smallest absolute Gasteiger partial charge is 0.355 e. The lowest BCUT2D eigenvalue weighted by Crippen LogP contribution is -2.38. The first-order chi connectivity index (χ1) is 6.05. The second kappa shape index (κ2) is 4.85. The number of aromatic nitrogens is 1. The molecule has 14 heavy (non-hydrogen) atoms. The Bertz CT molecular complexity index is 413. The fourth-order valence-electron chi connectivity index (χ4n) is 0.985. The van der Waals surface area contributed by atoms with Gasteiger partial charge >= 0.3 is 15.1 Å². The van der Waals surface area contributed by atoms with Crippen LogP contribution in [0.5, 0.6) is 0 Å². The highest BCUT2D eigenvalue weighted by Crippen LogP contribution is 2.00. The van der Waals surface area contributed by atoms with E-state index in [4.69, 9.17) is 4.55 Å². The van der Waals surface area contributed by atoms with Crippen LogP contribution in [0, 0.1) is 0 Å². The molecule has 1 aromatic heterocycles. The molecule has 1 aromatic rings. The first-order valence-electron chi connectivity index (χ1n) is 3.62. The molecular weight excluding hydrogens is 206 g/mol. The highest BCUT2D eigenvalue weighted by molar-refractivity contribution is 7.85. The average molecular weight is 217 g/mol. The standard InChI is InChI=1S/C8H9NO3S.H2O/c1-2-6-9-7-4-3-5-8(9)13(10,11)12;/h2-5,7H,1,6H2;1H2. The van der Waals surface area contributed by atoms with E-state index in [2.05, 4.69) is 6.58 Å². The Balaban J connectivity index is 0.00000169. The van der Waals surface area contributed by atoms with Crippen molar-refractivity contribution in [3.8, 4) is 0 Å². The molecule has 0 saturated carbocycles. The number of hydrogen-bond donors (Lipinski definition) is 1. The zero-order valence-corrected chi connectivity index (χ0v) is 8.18. The van der Waals surface area contributed by atoms with Crippen molar-refractivity contribution < 1.29 is 23.0 Å². The summed E-state index contributed by atoms with van der Waals surface area (Å²) in [4.78, 5) is 0. The third-order valence-corrected chi connectivity index (χ3v) is 2.39. The largest absolute Gasteiger partial charge is 0.870 e. The second-order valence-corrected chi connectivity index (χ2v) is 3.82. The summed E-state index contributed by atoms with van der Waals surface area (Å²) in [5, 5.41) is -0.130. The molecular formula is C8H11NO4S. The fraction of sp³-hybridized carbons (Fsp3) is 0.125. The molecule has 1 heterocycles. The Labute approximate surface area is 82.4 Å². The van der Waals surface area contributed by atoms with Crippen molar-refractivity contribution in [1.82, 2.24) is 0 Å². The summed E-state index contributed by atoms with van der Waals surface area (Å²) in [6.45, 7) is 3.83. The van der Waals surface area contributed by atoms with E-state index in [0.29, 0.717) is 6.54 Å². The van der Waals surface area contributed by atoms with E-state index < -0.39 is 10.1 Å². The molecule has 5 nitrogen and oxygen atoms in total. The van der Waals surface area contributed by atoms with Crippen molar-refractivity contribution in [2.45, 2.75) is 11.6 Å². The number of nitrogens with zero attached hydrogens (tertiary/aromatic N) is 1.